The van der Waals surface area contributed by atoms with E-state index in [4.69, 9.17) is 4.98 Å². The third-order valence-corrected chi connectivity index (χ3v) is 5.10. The number of benzene rings is 2. The van der Waals surface area contributed by atoms with Crippen molar-refractivity contribution in [3.05, 3.63) is 77.7 Å². The van der Waals surface area contributed by atoms with Crippen LogP contribution in [0.2, 0.25) is 0 Å². The molecule has 3 nitrogen and oxygen atoms in total. The maximum absolute atomic E-state index is 4.93. The SMILES string of the molecule is CCc1ccc2ccc(CC(C)(C)c3ccc4nccnc4c3)nc2c1. The second-order valence-electron chi connectivity index (χ2n) is 7.50. The fourth-order valence-corrected chi connectivity index (χ4v) is 3.46. The Labute approximate surface area is 154 Å². The molecule has 0 spiro atoms. The van der Waals surface area contributed by atoms with Gasteiger partial charge in [0.15, 0.2) is 0 Å². The van der Waals surface area contributed by atoms with Crippen LogP contribution < -0.4 is 0 Å². The molecule has 26 heavy (non-hydrogen) atoms. The second kappa shape index (κ2) is 6.49. The summed E-state index contributed by atoms with van der Waals surface area (Å²) in [5.74, 6) is 0. The van der Waals surface area contributed by atoms with Crippen LogP contribution in [0.3, 0.4) is 0 Å². The summed E-state index contributed by atoms with van der Waals surface area (Å²) in [6.45, 7) is 6.70. The van der Waals surface area contributed by atoms with Crippen LogP contribution in [0.15, 0.2) is 60.9 Å². The Bertz CT molecular complexity index is 1080. The molecule has 0 atom stereocenters. The molecule has 0 bridgehead atoms. The first-order valence-corrected chi connectivity index (χ1v) is 9.15. The Morgan fingerprint density at radius 2 is 1.58 bits per heavy atom. The summed E-state index contributed by atoms with van der Waals surface area (Å²) < 4.78 is 0. The normalized spacial score (nSPS) is 12.0. The van der Waals surface area contributed by atoms with Crippen molar-refractivity contribution in [1.29, 1.82) is 0 Å². The van der Waals surface area contributed by atoms with E-state index in [0.29, 0.717) is 0 Å². The summed E-state index contributed by atoms with van der Waals surface area (Å²) in [5, 5.41) is 1.20. The zero-order chi connectivity index (χ0) is 18.1. The number of hydrogen-bond donors (Lipinski definition) is 0. The molecular weight excluding hydrogens is 318 g/mol. The molecule has 0 fully saturated rings. The minimum Gasteiger partial charge on any atom is -0.253 e. The number of fused-ring (bicyclic) bond motifs is 2. The Morgan fingerprint density at radius 3 is 2.38 bits per heavy atom. The molecule has 2 heterocycles. The van der Waals surface area contributed by atoms with Crippen molar-refractivity contribution in [1.82, 2.24) is 15.0 Å². The van der Waals surface area contributed by atoms with E-state index >= 15 is 0 Å². The van der Waals surface area contributed by atoms with Gasteiger partial charge in [0.2, 0.25) is 0 Å². The van der Waals surface area contributed by atoms with E-state index in [1.165, 1.54) is 16.5 Å². The van der Waals surface area contributed by atoms with Gasteiger partial charge in [0.25, 0.3) is 0 Å². The summed E-state index contributed by atoms with van der Waals surface area (Å²) in [6, 6.07) is 17.3. The molecule has 130 valence electrons. The van der Waals surface area contributed by atoms with E-state index < -0.39 is 0 Å². The topological polar surface area (TPSA) is 38.7 Å². The van der Waals surface area contributed by atoms with E-state index in [0.717, 1.165) is 35.1 Å². The largest absolute Gasteiger partial charge is 0.253 e. The van der Waals surface area contributed by atoms with Crippen LogP contribution >= 0.6 is 0 Å². The van der Waals surface area contributed by atoms with Gasteiger partial charge in [-0.2, -0.15) is 0 Å². The first-order chi connectivity index (χ1) is 12.5. The van der Waals surface area contributed by atoms with Crippen LogP contribution in [-0.4, -0.2) is 15.0 Å². The minimum atomic E-state index is -0.0330. The van der Waals surface area contributed by atoms with Crippen molar-refractivity contribution in [2.45, 2.75) is 39.0 Å². The van der Waals surface area contributed by atoms with Crippen LogP contribution in [0.5, 0.6) is 0 Å². The predicted molar refractivity (Wildman–Crippen MR) is 107 cm³/mol. The molecular formula is C23H23N3. The zero-order valence-electron chi connectivity index (χ0n) is 15.5. The average molecular weight is 341 g/mol. The van der Waals surface area contributed by atoms with Gasteiger partial charge in [0.05, 0.1) is 16.6 Å². The van der Waals surface area contributed by atoms with Gasteiger partial charge in [-0.1, -0.05) is 45.0 Å². The highest BCUT2D eigenvalue weighted by atomic mass is 14.8. The third kappa shape index (κ3) is 3.17. The standard InChI is InChI=1S/C23H23N3/c1-4-16-5-6-17-7-9-19(26-21(17)13-16)15-23(2,3)18-8-10-20-22(14-18)25-12-11-24-20/h5-14H,4,15H2,1-3H3. The van der Waals surface area contributed by atoms with E-state index in [2.05, 4.69) is 79.3 Å². The fourth-order valence-electron chi connectivity index (χ4n) is 3.46. The van der Waals surface area contributed by atoms with Crippen LogP contribution in [0.4, 0.5) is 0 Å². The molecule has 0 aliphatic rings. The fraction of sp³-hybridized carbons (Fsp3) is 0.261. The van der Waals surface area contributed by atoms with Crippen molar-refractivity contribution in [2.75, 3.05) is 0 Å². The first-order valence-electron chi connectivity index (χ1n) is 9.15. The summed E-state index contributed by atoms with van der Waals surface area (Å²) in [4.78, 5) is 13.7. The monoisotopic (exact) mass is 341 g/mol. The minimum absolute atomic E-state index is 0.0330. The quantitative estimate of drug-likeness (QED) is 0.508. The highest BCUT2D eigenvalue weighted by Crippen LogP contribution is 2.29. The Balaban J connectivity index is 1.68. The number of hydrogen-bond acceptors (Lipinski definition) is 3. The molecule has 4 rings (SSSR count). The molecule has 0 radical (unpaired) electrons. The molecule has 0 unspecified atom stereocenters. The van der Waals surface area contributed by atoms with Crippen LogP contribution in [0.1, 0.15) is 37.6 Å². The van der Waals surface area contributed by atoms with Crippen LogP contribution in [0, 0.1) is 0 Å². The van der Waals surface area contributed by atoms with Gasteiger partial charge in [0.1, 0.15) is 0 Å². The second-order valence-corrected chi connectivity index (χ2v) is 7.50. The lowest BCUT2D eigenvalue weighted by Gasteiger charge is -2.25. The number of rotatable bonds is 4. The van der Waals surface area contributed by atoms with Crippen molar-refractivity contribution in [2.24, 2.45) is 0 Å². The maximum atomic E-state index is 4.93. The summed E-state index contributed by atoms with van der Waals surface area (Å²) >= 11 is 0. The lowest BCUT2D eigenvalue weighted by atomic mass is 9.80. The molecule has 0 N–H and O–H groups in total. The molecule has 4 aromatic rings. The van der Waals surface area contributed by atoms with Gasteiger partial charge in [-0.3, -0.25) is 15.0 Å². The Hall–Kier alpha value is -2.81. The summed E-state index contributed by atoms with van der Waals surface area (Å²) in [5.41, 5.74) is 6.63. The van der Waals surface area contributed by atoms with Crippen molar-refractivity contribution < 1.29 is 0 Å². The highest BCUT2D eigenvalue weighted by Gasteiger charge is 2.22. The van der Waals surface area contributed by atoms with Crippen LogP contribution in [0.25, 0.3) is 21.9 Å². The summed E-state index contributed by atoms with van der Waals surface area (Å²) in [6.07, 6.45) is 5.39. The molecule has 3 heteroatoms. The zero-order valence-corrected chi connectivity index (χ0v) is 15.5. The van der Waals surface area contributed by atoms with E-state index in [1.54, 1.807) is 12.4 Å². The van der Waals surface area contributed by atoms with E-state index in [1.807, 2.05) is 0 Å². The highest BCUT2D eigenvalue weighted by molar-refractivity contribution is 5.79. The van der Waals surface area contributed by atoms with E-state index in [9.17, 15) is 0 Å². The third-order valence-electron chi connectivity index (χ3n) is 5.10. The van der Waals surface area contributed by atoms with Gasteiger partial charge in [-0.25, -0.2) is 0 Å². The summed E-state index contributed by atoms with van der Waals surface area (Å²) in [7, 11) is 0. The lowest BCUT2D eigenvalue weighted by Crippen LogP contribution is -2.21. The van der Waals surface area contributed by atoms with Crippen molar-refractivity contribution >= 4 is 21.9 Å². The van der Waals surface area contributed by atoms with Gasteiger partial charge in [-0.15, -0.1) is 0 Å². The molecule has 2 aromatic carbocycles. The first kappa shape index (κ1) is 16.6. The van der Waals surface area contributed by atoms with Gasteiger partial charge < -0.3 is 0 Å². The van der Waals surface area contributed by atoms with Crippen molar-refractivity contribution in [3.63, 3.8) is 0 Å². The number of aryl methyl sites for hydroxylation is 1. The smallest absolute Gasteiger partial charge is 0.0889 e. The average Bonchev–Trinajstić information content (AvgIpc) is 2.66. The molecule has 0 saturated heterocycles. The van der Waals surface area contributed by atoms with Crippen molar-refractivity contribution in [3.8, 4) is 0 Å². The molecule has 0 saturated carbocycles. The number of pyridine rings is 1. The molecule has 0 aliphatic carbocycles. The Kier molecular flexibility index (Phi) is 4.15. The van der Waals surface area contributed by atoms with Gasteiger partial charge >= 0.3 is 0 Å². The van der Waals surface area contributed by atoms with Gasteiger partial charge in [0, 0.05) is 23.5 Å². The predicted octanol–water partition coefficient (Wildman–Crippen LogP) is 5.26. The number of aromatic nitrogens is 3. The lowest BCUT2D eigenvalue weighted by molar-refractivity contribution is 0.516. The maximum Gasteiger partial charge on any atom is 0.0889 e. The molecule has 2 aromatic heterocycles. The molecule has 0 aliphatic heterocycles. The van der Waals surface area contributed by atoms with Gasteiger partial charge in [-0.05, 0) is 53.6 Å². The van der Waals surface area contributed by atoms with E-state index in [-0.39, 0.29) is 5.41 Å². The number of nitrogens with zero attached hydrogens (tertiary/aromatic N) is 3. The Morgan fingerprint density at radius 1 is 0.808 bits per heavy atom. The molecule has 0 amide bonds. The van der Waals surface area contributed by atoms with Crippen LogP contribution in [-0.2, 0) is 18.3 Å².